The van der Waals surface area contributed by atoms with Gasteiger partial charge in [0.2, 0.25) is 0 Å². The number of anilines is 1. The highest BCUT2D eigenvalue weighted by atomic mass is 16.3. The van der Waals surface area contributed by atoms with Crippen molar-refractivity contribution in [3.63, 3.8) is 0 Å². The first-order chi connectivity index (χ1) is 6.19. The van der Waals surface area contributed by atoms with Crippen LogP contribution in [0.1, 0.15) is 17.2 Å². The predicted molar refractivity (Wildman–Crippen MR) is 49.6 cm³/mol. The van der Waals surface area contributed by atoms with Crippen LogP contribution in [-0.4, -0.2) is 11.7 Å². The minimum atomic E-state index is -0.435. The van der Waals surface area contributed by atoms with Crippen molar-refractivity contribution in [1.82, 2.24) is 0 Å². The number of hydrogen-bond acceptors (Lipinski definition) is 4. The lowest BCUT2D eigenvalue weighted by Crippen LogP contribution is -2.14. The molecule has 0 aliphatic rings. The van der Waals surface area contributed by atoms with Crippen LogP contribution in [0.5, 0.6) is 0 Å². The normalized spacial score (nSPS) is 12.1. The molecule has 0 aliphatic carbocycles. The van der Waals surface area contributed by atoms with E-state index in [1.807, 2.05) is 6.07 Å². The SMILES string of the molecule is N#Cc1ccc(C(N)CO)cc1N. The van der Waals surface area contributed by atoms with Crippen LogP contribution in [0.25, 0.3) is 0 Å². The summed E-state index contributed by atoms with van der Waals surface area (Å²) in [7, 11) is 0. The van der Waals surface area contributed by atoms with Gasteiger partial charge in [0.1, 0.15) is 6.07 Å². The van der Waals surface area contributed by atoms with Crippen LogP contribution in [-0.2, 0) is 0 Å². The lowest BCUT2D eigenvalue weighted by molar-refractivity contribution is 0.268. The molecule has 0 bridgehead atoms. The fourth-order valence-electron chi connectivity index (χ4n) is 1.02. The quantitative estimate of drug-likeness (QED) is 0.559. The fourth-order valence-corrected chi connectivity index (χ4v) is 1.02. The van der Waals surface area contributed by atoms with Gasteiger partial charge in [-0.15, -0.1) is 0 Å². The Labute approximate surface area is 76.4 Å². The number of hydrogen-bond donors (Lipinski definition) is 3. The van der Waals surface area contributed by atoms with E-state index in [0.29, 0.717) is 11.3 Å². The first-order valence-corrected chi connectivity index (χ1v) is 3.85. The summed E-state index contributed by atoms with van der Waals surface area (Å²) in [5.74, 6) is 0. The summed E-state index contributed by atoms with van der Waals surface area (Å²) in [5, 5.41) is 17.4. The summed E-state index contributed by atoms with van der Waals surface area (Å²) < 4.78 is 0. The van der Waals surface area contributed by atoms with Crippen molar-refractivity contribution in [1.29, 1.82) is 5.26 Å². The predicted octanol–water partition coefficient (Wildman–Crippen LogP) is 0.133. The van der Waals surface area contributed by atoms with Crippen LogP contribution >= 0.6 is 0 Å². The summed E-state index contributed by atoms with van der Waals surface area (Å²) in [6.45, 7) is -0.134. The zero-order valence-electron chi connectivity index (χ0n) is 7.07. The first kappa shape index (κ1) is 9.52. The second kappa shape index (κ2) is 3.90. The Balaban J connectivity index is 3.04. The number of benzene rings is 1. The Bertz CT molecular complexity index is 343. The molecule has 68 valence electrons. The Morgan fingerprint density at radius 2 is 2.23 bits per heavy atom. The van der Waals surface area contributed by atoms with E-state index in [1.54, 1.807) is 18.2 Å². The average molecular weight is 177 g/mol. The molecule has 1 aromatic carbocycles. The number of aliphatic hydroxyl groups excluding tert-OH is 1. The van der Waals surface area contributed by atoms with E-state index in [4.69, 9.17) is 21.8 Å². The molecular formula is C9H11N3O. The van der Waals surface area contributed by atoms with Gasteiger partial charge in [0.05, 0.1) is 18.2 Å². The third-order valence-corrected chi connectivity index (χ3v) is 1.82. The van der Waals surface area contributed by atoms with Gasteiger partial charge in [-0.1, -0.05) is 6.07 Å². The largest absolute Gasteiger partial charge is 0.398 e. The molecular weight excluding hydrogens is 166 g/mol. The zero-order chi connectivity index (χ0) is 9.84. The van der Waals surface area contributed by atoms with Crippen LogP contribution in [0.15, 0.2) is 18.2 Å². The number of aliphatic hydroxyl groups is 1. The molecule has 4 heteroatoms. The fraction of sp³-hybridized carbons (Fsp3) is 0.222. The molecule has 0 saturated carbocycles. The molecule has 0 spiro atoms. The minimum Gasteiger partial charge on any atom is -0.398 e. The summed E-state index contributed by atoms with van der Waals surface area (Å²) in [6.07, 6.45) is 0. The van der Waals surface area contributed by atoms with Crippen molar-refractivity contribution in [3.8, 4) is 6.07 Å². The third-order valence-electron chi connectivity index (χ3n) is 1.82. The van der Waals surface area contributed by atoms with Gasteiger partial charge < -0.3 is 16.6 Å². The number of nitrogens with two attached hydrogens (primary N) is 2. The molecule has 0 fully saturated rings. The van der Waals surface area contributed by atoms with E-state index in [2.05, 4.69) is 0 Å². The van der Waals surface area contributed by atoms with Gasteiger partial charge in [0, 0.05) is 5.69 Å². The minimum absolute atomic E-state index is 0.134. The summed E-state index contributed by atoms with van der Waals surface area (Å²) in [4.78, 5) is 0. The molecule has 0 aromatic heterocycles. The smallest absolute Gasteiger partial charge is 0.101 e. The second-order valence-corrected chi connectivity index (χ2v) is 2.75. The van der Waals surface area contributed by atoms with E-state index in [0.717, 1.165) is 5.56 Å². The van der Waals surface area contributed by atoms with Crippen LogP contribution in [0.2, 0.25) is 0 Å². The number of nitrogen functional groups attached to an aromatic ring is 1. The van der Waals surface area contributed by atoms with Gasteiger partial charge >= 0.3 is 0 Å². The van der Waals surface area contributed by atoms with E-state index in [1.165, 1.54) is 0 Å². The first-order valence-electron chi connectivity index (χ1n) is 3.85. The Morgan fingerprint density at radius 3 is 2.69 bits per heavy atom. The van der Waals surface area contributed by atoms with Crippen LogP contribution in [0.4, 0.5) is 5.69 Å². The third kappa shape index (κ3) is 1.96. The van der Waals surface area contributed by atoms with Gasteiger partial charge in [-0.25, -0.2) is 0 Å². The van der Waals surface area contributed by atoms with Gasteiger partial charge in [0.25, 0.3) is 0 Å². The van der Waals surface area contributed by atoms with Crippen LogP contribution in [0, 0.1) is 11.3 Å². The molecule has 0 saturated heterocycles. The number of nitrogens with zero attached hydrogens (tertiary/aromatic N) is 1. The maximum absolute atomic E-state index is 8.77. The number of nitriles is 1. The maximum atomic E-state index is 8.77. The summed E-state index contributed by atoms with van der Waals surface area (Å²) in [5.41, 5.74) is 12.7. The Hall–Kier alpha value is -1.57. The standard InChI is InChI=1S/C9H11N3O/c10-4-7-2-1-6(3-8(7)11)9(12)5-13/h1-3,9,13H,5,11-12H2. The molecule has 1 rings (SSSR count). The van der Waals surface area contributed by atoms with Crippen molar-refractivity contribution >= 4 is 5.69 Å². The van der Waals surface area contributed by atoms with E-state index < -0.39 is 6.04 Å². The second-order valence-electron chi connectivity index (χ2n) is 2.75. The lowest BCUT2D eigenvalue weighted by Gasteiger charge is -2.09. The van der Waals surface area contributed by atoms with Crippen molar-refractivity contribution in [3.05, 3.63) is 29.3 Å². The molecule has 4 nitrogen and oxygen atoms in total. The molecule has 5 N–H and O–H groups in total. The van der Waals surface area contributed by atoms with Crippen molar-refractivity contribution in [2.45, 2.75) is 6.04 Å². The van der Waals surface area contributed by atoms with Crippen molar-refractivity contribution in [2.24, 2.45) is 5.73 Å². The number of rotatable bonds is 2. The highest BCUT2D eigenvalue weighted by molar-refractivity contribution is 5.55. The van der Waals surface area contributed by atoms with E-state index in [-0.39, 0.29) is 6.61 Å². The van der Waals surface area contributed by atoms with Gasteiger partial charge in [-0.05, 0) is 17.7 Å². The molecule has 13 heavy (non-hydrogen) atoms. The topological polar surface area (TPSA) is 96.1 Å². The van der Waals surface area contributed by atoms with Gasteiger partial charge in [-0.2, -0.15) is 5.26 Å². The van der Waals surface area contributed by atoms with Crippen molar-refractivity contribution < 1.29 is 5.11 Å². The maximum Gasteiger partial charge on any atom is 0.101 e. The van der Waals surface area contributed by atoms with Crippen LogP contribution < -0.4 is 11.5 Å². The Kier molecular flexibility index (Phi) is 2.85. The summed E-state index contributed by atoms with van der Waals surface area (Å²) in [6, 6.07) is 6.41. The van der Waals surface area contributed by atoms with Crippen LogP contribution in [0.3, 0.4) is 0 Å². The molecule has 1 aromatic rings. The van der Waals surface area contributed by atoms with E-state index in [9.17, 15) is 0 Å². The highest BCUT2D eigenvalue weighted by Gasteiger charge is 2.06. The van der Waals surface area contributed by atoms with Crippen molar-refractivity contribution in [2.75, 3.05) is 12.3 Å². The van der Waals surface area contributed by atoms with Gasteiger partial charge in [-0.3, -0.25) is 0 Å². The lowest BCUT2D eigenvalue weighted by atomic mass is 10.0. The monoisotopic (exact) mass is 177 g/mol. The molecule has 1 unspecified atom stereocenters. The molecule has 0 radical (unpaired) electrons. The molecule has 0 amide bonds. The van der Waals surface area contributed by atoms with Gasteiger partial charge in [0.15, 0.2) is 0 Å². The average Bonchev–Trinajstić information content (AvgIpc) is 2.16. The molecule has 0 heterocycles. The Morgan fingerprint density at radius 1 is 1.54 bits per heavy atom. The zero-order valence-corrected chi connectivity index (χ0v) is 7.07. The summed E-state index contributed by atoms with van der Waals surface area (Å²) >= 11 is 0. The molecule has 0 aliphatic heterocycles. The molecule has 1 atom stereocenters. The highest BCUT2D eigenvalue weighted by Crippen LogP contribution is 2.17. The van der Waals surface area contributed by atoms with E-state index >= 15 is 0 Å².